The van der Waals surface area contributed by atoms with Crippen LogP contribution in [0.1, 0.15) is 31.2 Å². The summed E-state index contributed by atoms with van der Waals surface area (Å²) in [6.07, 6.45) is 5.25. The van der Waals surface area contributed by atoms with Crippen LogP contribution >= 0.6 is 23.2 Å². The van der Waals surface area contributed by atoms with E-state index in [9.17, 15) is 4.79 Å². The normalized spacial score (nSPS) is 17.3. The topological polar surface area (TPSA) is 38.7 Å². The third kappa shape index (κ3) is 2.26. The van der Waals surface area contributed by atoms with Crippen molar-refractivity contribution < 1.29 is 9.53 Å². The summed E-state index contributed by atoms with van der Waals surface area (Å²) in [5, 5.41) is 1.00. The average Bonchev–Trinajstić information content (AvgIpc) is 2.81. The van der Waals surface area contributed by atoms with E-state index in [4.69, 9.17) is 27.9 Å². The summed E-state index contributed by atoms with van der Waals surface area (Å²) in [6, 6.07) is 3.42. The van der Waals surface area contributed by atoms with Crippen LogP contribution in [0.5, 0.6) is 5.75 Å². The van der Waals surface area contributed by atoms with Crippen molar-refractivity contribution in [1.82, 2.24) is 0 Å². The number of carbonyl (C=O) groups excluding carboxylic acids is 1. The van der Waals surface area contributed by atoms with Crippen LogP contribution in [0, 0.1) is 0 Å². The Balaban J connectivity index is 2.61. The first kappa shape index (κ1) is 13.4. The second-order valence-electron chi connectivity index (χ2n) is 4.41. The Morgan fingerprint density at radius 2 is 2.00 bits per heavy atom. The molecule has 1 aromatic rings. The van der Waals surface area contributed by atoms with Crippen molar-refractivity contribution in [2.75, 3.05) is 7.11 Å². The zero-order valence-corrected chi connectivity index (χ0v) is 11.5. The van der Waals surface area contributed by atoms with Crippen molar-refractivity contribution in [3.05, 3.63) is 27.7 Å². The lowest BCUT2D eigenvalue weighted by Gasteiger charge is -2.25. The zero-order chi connectivity index (χ0) is 13.2. The largest absolute Gasteiger partial charge is 0.495 e. The fraction of sp³-hybridized carbons (Fsp3) is 0.462. The number of rotatable bonds is 3. The van der Waals surface area contributed by atoms with Crippen LogP contribution in [0.4, 0.5) is 0 Å². The molecule has 18 heavy (non-hydrogen) atoms. The average molecular weight is 286 g/mol. The van der Waals surface area contributed by atoms with Crippen LogP contribution in [-0.4, -0.2) is 13.2 Å². The highest BCUT2D eigenvalue weighted by molar-refractivity contribution is 6.35. The van der Waals surface area contributed by atoms with Crippen LogP contribution in [-0.2, 0) is 10.3 Å². The van der Waals surface area contributed by atoms with E-state index in [-0.39, 0.29) is 0 Å². The molecule has 0 spiro atoms. The van der Waals surface area contributed by atoms with Gasteiger partial charge >= 0.3 is 0 Å². The molecule has 1 aliphatic rings. The molecule has 0 unspecified atom stereocenters. The van der Waals surface area contributed by atoms with E-state index in [1.807, 2.05) is 0 Å². The van der Waals surface area contributed by atoms with Crippen LogP contribution in [0.15, 0.2) is 17.1 Å². The minimum Gasteiger partial charge on any atom is -0.495 e. The molecule has 0 amide bonds. The van der Waals surface area contributed by atoms with Gasteiger partial charge in [0.25, 0.3) is 0 Å². The number of benzene rings is 1. The number of halogens is 2. The number of hydrogen-bond donors (Lipinski definition) is 0. The number of ether oxygens (including phenoxy) is 1. The minimum atomic E-state index is -0.586. The maximum atomic E-state index is 10.7. The van der Waals surface area contributed by atoms with Gasteiger partial charge in [-0.25, -0.2) is 4.79 Å². The molecule has 0 bridgehead atoms. The molecule has 1 saturated carbocycles. The number of methoxy groups -OCH3 is 1. The summed E-state index contributed by atoms with van der Waals surface area (Å²) in [5.74, 6) is 0.506. The molecule has 0 aliphatic heterocycles. The molecular formula is C13H13Cl2NO2. The van der Waals surface area contributed by atoms with Gasteiger partial charge in [-0.3, -0.25) is 0 Å². The summed E-state index contributed by atoms with van der Waals surface area (Å²) in [5.41, 5.74) is 0.172. The zero-order valence-electron chi connectivity index (χ0n) is 10.0. The summed E-state index contributed by atoms with van der Waals surface area (Å²) < 4.78 is 5.19. The number of hydrogen-bond acceptors (Lipinski definition) is 3. The van der Waals surface area contributed by atoms with Gasteiger partial charge < -0.3 is 4.74 Å². The molecule has 0 atom stereocenters. The first-order valence-electron chi connectivity index (χ1n) is 5.75. The number of aliphatic imine (C=N–C) groups is 1. The van der Waals surface area contributed by atoms with Crippen molar-refractivity contribution in [2.24, 2.45) is 4.99 Å². The van der Waals surface area contributed by atoms with E-state index in [1.165, 1.54) is 7.11 Å². The number of isocyanates is 1. The summed E-state index contributed by atoms with van der Waals surface area (Å²) in [4.78, 5) is 14.7. The van der Waals surface area contributed by atoms with Crippen molar-refractivity contribution in [3.63, 3.8) is 0 Å². The fourth-order valence-electron chi connectivity index (χ4n) is 2.54. The molecule has 2 rings (SSSR count). The minimum absolute atomic E-state index is 0.475. The molecule has 0 radical (unpaired) electrons. The molecule has 1 aromatic carbocycles. The molecule has 0 heterocycles. The van der Waals surface area contributed by atoms with Gasteiger partial charge in [0.1, 0.15) is 5.75 Å². The van der Waals surface area contributed by atoms with Crippen LogP contribution < -0.4 is 4.74 Å². The van der Waals surface area contributed by atoms with Crippen LogP contribution in [0.3, 0.4) is 0 Å². The van der Waals surface area contributed by atoms with Crippen LogP contribution in [0.2, 0.25) is 10.0 Å². The predicted molar refractivity (Wildman–Crippen MR) is 71.3 cm³/mol. The second kappa shape index (κ2) is 5.31. The number of nitrogens with zero attached hydrogens (tertiary/aromatic N) is 1. The van der Waals surface area contributed by atoms with Gasteiger partial charge in [-0.15, -0.1) is 0 Å². The Labute approximate surface area is 116 Å². The van der Waals surface area contributed by atoms with Crippen molar-refractivity contribution in [1.29, 1.82) is 0 Å². The lowest BCUT2D eigenvalue weighted by Crippen LogP contribution is -2.19. The van der Waals surface area contributed by atoms with Gasteiger partial charge in [-0.2, -0.15) is 4.99 Å². The second-order valence-corrected chi connectivity index (χ2v) is 5.23. The fourth-order valence-corrected chi connectivity index (χ4v) is 3.11. The van der Waals surface area contributed by atoms with Gasteiger partial charge in [-0.1, -0.05) is 36.0 Å². The summed E-state index contributed by atoms with van der Waals surface area (Å²) in [7, 11) is 1.53. The highest BCUT2D eigenvalue weighted by atomic mass is 35.5. The summed E-state index contributed by atoms with van der Waals surface area (Å²) >= 11 is 12.4. The molecule has 96 valence electrons. The summed E-state index contributed by atoms with van der Waals surface area (Å²) in [6.45, 7) is 0. The van der Waals surface area contributed by atoms with E-state index in [0.29, 0.717) is 15.8 Å². The maximum absolute atomic E-state index is 10.7. The van der Waals surface area contributed by atoms with E-state index < -0.39 is 5.54 Å². The third-order valence-corrected chi connectivity index (χ3v) is 4.02. The Morgan fingerprint density at radius 1 is 1.33 bits per heavy atom. The lowest BCUT2D eigenvalue weighted by molar-refractivity contribution is 0.408. The molecule has 0 saturated heterocycles. The van der Waals surface area contributed by atoms with Crippen molar-refractivity contribution in [2.45, 2.75) is 31.2 Å². The Morgan fingerprint density at radius 3 is 2.56 bits per heavy atom. The van der Waals surface area contributed by atoms with Crippen molar-refractivity contribution in [3.8, 4) is 5.75 Å². The highest BCUT2D eigenvalue weighted by Crippen LogP contribution is 2.47. The van der Waals surface area contributed by atoms with Gasteiger partial charge in [0.2, 0.25) is 6.08 Å². The van der Waals surface area contributed by atoms with Crippen LogP contribution in [0.25, 0.3) is 0 Å². The van der Waals surface area contributed by atoms with Crippen molar-refractivity contribution >= 4 is 29.3 Å². The molecule has 5 heteroatoms. The highest BCUT2D eigenvalue weighted by Gasteiger charge is 2.38. The maximum Gasteiger partial charge on any atom is 0.235 e. The lowest BCUT2D eigenvalue weighted by atomic mass is 9.88. The van der Waals surface area contributed by atoms with E-state index in [0.717, 1.165) is 31.2 Å². The quantitative estimate of drug-likeness (QED) is 0.619. The molecule has 0 aromatic heterocycles. The predicted octanol–water partition coefficient (Wildman–Crippen LogP) is 4.11. The standard InChI is InChI=1S/C13H13Cl2NO2/c1-18-11-7-9(14)6-10(12(11)15)13(16-8-17)4-2-3-5-13/h6-7H,2-5H2,1H3. The monoisotopic (exact) mass is 285 g/mol. The molecule has 3 nitrogen and oxygen atoms in total. The SMILES string of the molecule is COc1cc(Cl)cc(C2(N=C=O)CCCC2)c1Cl. The molecular weight excluding hydrogens is 273 g/mol. The first-order valence-corrected chi connectivity index (χ1v) is 6.51. The molecule has 1 fully saturated rings. The Kier molecular flexibility index (Phi) is 3.96. The van der Waals surface area contributed by atoms with Gasteiger partial charge in [0.15, 0.2) is 0 Å². The van der Waals surface area contributed by atoms with Gasteiger partial charge in [0, 0.05) is 16.7 Å². The van der Waals surface area contributed by atoms with Gasteiger partial charge in [0.05, 0.1) is 17.7 Å². The molecule has 0 N–H and O–H groups in total. The molecule has 1 aliphatic carbocycles. The Bertz CT molecular complexity index is 504. The van der Waals surface area contributed by atoms with E-state index in [2.05, 4.69) is 4.99 Å². The van der Waals surface area contributed by atoms with Gasteiger partial charge in [-0.05, 0) is 18.9 Å². The van der Waals surface area contributed by atoms with E-state index >= 15 is 0 Å². The smallest absolute Gasteiger partial charge is 0.235 e. The Hall–Kier alpha value is -1.02. The third-order valence-electron chi connectivity index (χ3n) is 3.42. The first-order chi connectivity index (χ1) is 8.63. The van der Waals surface area contributed by atoms with E-state index in [1.54, 1.807) is 18.2 Å².